The number of hydrogen-bond donors (Lipinski definition) is 2. The number of nitrogens with one attached hydrogen (secondary N) is 1. The zero-order chi connectivity index (χ0) is 11.3. The average Bonchev–Trinajstić information content (AvgIpc) is 2.95. The first-order valence-electron chi connectivity index (χ1n) is 4.99. The summed E-state index contributed by atoms with van der Waals surface area (Å²) in [5, 5.41) is 9.13. The van der Waals surface area contributed by atoms with Crippen LogP contribution in [0.15, 0.2) is 27.4 Å². The Hall–Kier alpha value is -2.04. The van der Waals surface area contributed by atoms with Crippen LogP contribution in [-0.2, 0) is 10.2 Å². The van der Waals surface area contributed by atoms with Gasteiger partial charge in [0.25, 0.3) is 0 Å². The second kappa shape index (κ2) is 2.75. The normalized spacial score (nSPS) is 17.5. The van der Waals surface area contributed by atoms with Crippen molar-refractivity contribution in [2.45, 2.75) is 18.3 Å². The van der Waals surface area contributed by atoms with E-state index in [-0.39, 0.29) is 0 Å². The highest BCUT2D eigenvalue weighted by molar-refractivity contribution is 5.86. The Balaban J connectivity index is 2.19. The first-order valence-corrected chi connectivity index (χ1v) is 4.99. The van der Waals surface area contributed by atoms with Crippen molar-refractivity contribution in [1.29, 1.82) is 0 Å². The maximum absolute atomic E-state index is 11.1. The summed E-state index contributed by atoms with van der Waals surface area (Å²) < 4.78 is 4.91. The maximum Gasteiger partial charge on any atom is 0.417 e. The second-order valence-electron chi connectivity index (χ2n) is 4.11. The molecular weight excluding hydrogens is 210 g/mol. The molecule has 1 aliphatic rings. The van der Waals surface area contributed by atoms with Crippen LogP contribution in [0.4, 0.5) is 0 Å². The molecule has 16 heavy (non-hydrogen) atoms. The summed E-state index contributed by atoms with van der Waals surface area (Å²) in [6, 6.07) is 5.04. The molecule has 5 nitrogen and oxygen atoms in total. The lowest BCUT2D eigenvalue weighted by molar-refractivity contribution is -0.140. The van der Waals surface area contributed by atoms with Crippen LogP contribution >= 0.6 is 0 Å². The number of aliphatic carboxylic acids is 1. The lowest BCUT2D eigenvalue weighted by Gasteiger charge is -2.08. The van der Waals surface area contributed by atoms with Gasteiger partial charge in [-0.2, -0.15) is 0 Å². The van der Waals surface area contributed by atoms with E-state index in [0.29, 0.717) is 29.5 Å². The molecule has 82 valence electrons. The fourth-order valence-corrected chi connectivity index (χ4v) is 1.99. The molecule has 1 aliphatic carbocycles. The molecule has 1 aromatic heterocycles. The zero-order valence-corrected chi connectivity index (χ0v) is 8.32. The van der Waals surface area contributed by atoms with Crippen LogP contribution in [0.2, 0.25) is 0 Å². The van der Waals surface area contributed by atoms with E-state index in [0.717, 1.165) is 0 Å². The van der Waals surface area contributed by atoms with Gasteiger partial charge in [0.1, 0.15) is 0 Å². The minimum Gasteiger partial charge on any atom is -0.481 e. The van der Waals surface area contributed by atoms with Crippen molar-refractivity contribution in [2.75, 3.05) is 0 Å². The number of carboxylic acid groups (broad SMARTS) is 1. The number of aromatic amines is 1. The molecular formula is C11H9NO4. The number of carboxylic acids is 1. The van der Waals surface area contributed by atoms with Gasteiger partial charge in [0, 0.05) is 0 Å². The van der Waals surface area contributed by atoms with Crippen molar-refractivity contribution in [3.8, 4) is 0 Å². The summed E-state index contributed by atoms with van der Waals surface area (Å²) in [5.41, 5.74) is 0.949. The average molecular weight is 219 g/mol. The lowest BCUT2D eigenvalue weighted by atomic mass is 9.96. The molecule has 0 amide bonds. The second-order valence-corrected chi connectivity index (χ2v) is 4.11. The van der Waals surface area contributed by atoms with Gasteiger partial charge in [0.05, 0.1) is 10.9 Å². The quantitative estimate of drug-likeness (QED) is 0.795. The fraction of sp³-hybridized carbons (Fsp3) is 0.273. The number of fused-ring (bicyclic) bond motifs is 1. The molecule has 0 radical (unpaired) electrons. The van der Waals surface area contributed by atoms with Gasteiger partial charge < -0.3 is 9.52 Å². The Bertz CT molecular complexity index is 633. The van der Waals surface area contributed by atoms with Crippen LogP contribution < -0.4 is 5.76 Å². The Kier molecular flexibility index (Phi) is 1.58. The molecule has 0 aliphatic heterocycles. The van der Waals surface area contributed by atoms with Crippen LogP contribution in [-0.4, -0.2) is 16.1 Å². The number of rotatable bonds is 2. The molecule has 0 bridgehead atoms. The molecule has 2 aromatic rings. The molecule has 1 saturated carbocycles. The molecule has 0 unspecified atom stereocenters. The van der Waals surface area contributed by atoms with Gasteiger partial charge in [-0.1, -0.05) is 6.07 Å². The summed E-state index contributed by atoms with van der Waals surface area (Å²) >= 11 is 0. The molecule has 2 N–H and O–H groups in total. The van der Waals surface area contributed by atoms with E-state index < -0.39 is 17.1 Å². The highest BCUT2D eigenvalue weighted by Crippen LogP contribution is 2.48. The SMILES string of the molecule is O=C(O)C1(c2ccc3[nH]c(=O)oc3c2)CC1. The van der Waals surface area contributed by atoms with Gasteiger partial charge in [-0.15, -0.1) is 0 Å². The smallest absolute Gasteiger partial charge is 0.417 e. The zero-order valence-electron chi connectivity index (χ0n) is 8.32. The third kappa shape index (κ3) is 1.11. The number of oxazole rings is 1. The Morgan fingerprint density at radius 1 is 1.44 bits per heavy atom. The molecule has 0 spiro atoms. The minimum atomic E-state index is -0.815. The third-order valence-electron chi connectivity index (χ3n) is 3.13. The van der Waals surface area contributed by atoms with Crippen LogP contribution in [0, 0.1) is 0 Å². The van der Waals surface area contributed by atoms with Crippen LogP contribution in [0.25, 0.3) is 11.1 Å². The molecule has 3 rings (SSSR count). The molecule has 1 aromatic carbocycles. The van der Waals surface area contributed by atoms with E-state index >= 15 is 0 Å². The van der Waals surface area contributed by atoms with E-state index in [2.05, 4.69) is 4.98 Å². The summed E-state index contributed by atoms with van der Waals surface area (Å²) in [7, 11) is 0. The largest absolute Gasteiger partial charge is 0.481 e. The Morgan fingerprint density at radius 3 is 2.81 bits per heavy atom. The molecule has 1 heterocycles. The number of benzene rings is 1. The van der Waals surface area contributed by atoms with Gasteiger partial charge in [-0.3, -0.25) is 9.78 Å². The van der Waals surface area contributed by atoms with Crippen LogP contribution in [0.5, 0.6) is 0 Å². The summed E-state index contributed by atoms with van der Waals surface area (Å²) in [6.07, 6.45) is 1.28. The summed E-state index contributed by atoms with van der Waals surface area (Å²) in [5.74, 6) is -1.34. The Labute approximate surface area is 89.7 Å². The van der Waals surface area contributed by atoms with Gasteiger partial charge in [0.2, 0.25) is 0 Å². The van der Waals surface area contributed by atoms with Crippen molar-refractivity contribution in [2.24, 2.45) is 0 Å². The molecule has 5 heteroatoms. The van der Waals surface area contributed by atoms with Gasteiger partial charge in [0.15, 0.2) is 5.58 Å². The first-order chi connectivity index (χ1) is 7.62. The molecule has 1 fully saturated rings. The van der Waals surface area contributed by atoms with Crippen molar-refractivity contribution in [3.63, 3.8) is 0 Å². The number of carbonyl (C=O) groups is 1. The third-order valence-corrected chi connectivity index (χ3v) is 3.13. The van der Waals surface area contributed by atoms with E-state index in [1.165, 1.54) is 0 Å². The number of aromatic nitrogens is 1. The van der Waals surface area contributed by atoms with Crippen LogP contribution in [0.3, 0.4) is 0 Å². The van der Waals surface area contributed by atoms with Crippen LogP contribution in [0.1, 0.15) is 18.4 Å². The van der Waals surface area contributed by atoms with Crippen molar-refractivity contribution >= 4 is 17.1 Å². The molecule has 0 atom stereocenters. The van der Waals surface area contributed by atoms with Crippen molar-refractivity contribution < 1.29 is 14.3 Å². The summed E-state index contributed by atoms with van der Waals surface area (Å²) in [6.45, 7) is 0. The topological polar surface area (TPSA) is 83.3 Å². The monoisotopic (exact) mass is 219 g/mol. The van der Waals surface area contributed by atoms with E-state index in [1.54, 1.807) is 18.2 Å². The Morgan fingerprint density at radius 2 is 2.19 bits per heavy atom. The minimum absolute atomic E-state index is 0.412. The summed E-state index contributed by atoms with van der Waals surface area (Å²) in [4.78, 5) is 24.6. The van der Waals surface area contributed by atoms with Gasteiger partial charge in [-0.05, 0) is 30.5 Å². The highest BCUT2D eigenvalue weighted by Gasteiger charge is 2.51. The standard InChI is InChI=1S/C11H9NO4/c13-9(14)11(3-4-11)6-1-2-7-8(5-6)16-10(15)12-7/h1-2,5H,3-4H2,(H,12,15)(H,13,14). The fourth-order valence-electron chi connectivity index (χ4n) is 1.99. The lowest BCUT2D eigenvalue weighted by Crippen LogP contribution is -2.19. The van der Waals surface area contributed by atoms with Crippen molar-refractivity contribution in [1.82, 2.24) is 4.98 Å². The number of H-pyrrole nitrogens is 1. The van der Waals surface area contributed by atoms with E-state index in [4.69, 9.17) is 9.52 Å². The number of hydrogen-bond acceptors (Lipinski definition) is 3. The van der Waals surface area contributed by atoms with E-state index in [1.807, 2.05) is 0 Å². The highest BCUT2D eigenvalue weighted by atomic mass is 16.4. The predicted octanol–water partition coefficient (Wildman–Crippen LogP) is 1.24. The van der Waals surface area contributed by atoms with Crippen molar-refractivity contribution in [3.05, 3.63) is 34.3 Å². The van der Waals surface area contributed by atoms with Gasteiger partial charge in [-0.25, -0.2) is 4.79 Å². The van der Waals surface area contributed by atoms with Gasteiger partial charge >= 0.3 is 11.7 Å². The maximum atomic E-state index is 11.1. The first kappa shape index (κ1) is 9.21. The predicted molar refractivity (Wildman–Crippen MR) is 55.4 cm³/mol. The van der Waals surface area contributed by atoms with E-state index in [9.17, 15) is 9.59 Å². The molecule has 0 saturated heterocycles.